The Bertz CT molecular complexity index is 1650. The Morgan fingerprint density at radius 1 is 1.03 bits per heavy atom. The molecule has 0 spiro atoms. The van der Waals surface area contributed by atoms with E-state index >= 15 is 0 Å². The maximum absolute atomic E-state index is 14.4. The molecule has 8 nitrogen and oxygen atoms in total. The van der Waals surface area contributed by atoms with Gasteiger partial charge in [0.2, 0.25) is 5.91 Å². The Morgan fingerprint density at radius 2 is 1.84 bits per heavy atom. The first-order valence-corrected chi connectivity index (χ1v) is 13.1. The van der Waals surface area contributed by atoms with E-state index < -0.39 is 5.82 Å². The number of hydrogen-bond donors (Lipinski definition) is 1. The fourth-order valence-electron chi connectivity index (χ4n) is 4.90. The summed E-state index contributed by atoms with van der Waals surface area (Å²) in [7, 11) is 0. The first-order chi connectivity index (χ1) is 18.5. The van der Waals surface area contributed by atoms with Gasteiger partial charge in [-0.25, -0.2) is 9.37 Å². The molecule has 0 bridgehead atoms. The molecular weight excluding hydrogens is 503 g/mol. The van der Waals surface area contributed by atoms with E-state index in [0.29, 0.717) is 46.9 Å². The lowest BCUT2D eigenvalue weighted by atomic mass is 9.89. The van der Waals surface area contributed by atoms with E-state index in [4.69, 9.17) is 0 Å². The Balaban J connectivity index is 1.04. The smallest absolute Gasteiger partial charge is 0.255 e. The standard InChI is InChI=1S/C28H23FN6O2S/c29-23-15-24-19(2-1-9-30-24)12-20(23)14-26(36)32-22-5-3-17(4-6-22)18-7-10-35(11-8-18)28(37)21-13-25-27(31-16-21)38-34-33-25/h1-6,9,12-13,15-16,18H,7-8,10-11,14H2,(H,32,36). The molecule has 38 heavy (non-hydrogen) atoms. The average Bonchev–Trinajstić information content (AvgIpc) is 3.42. The van der Waals surface area contributed by atoms with Crippen LogP contribution in [-0.4, -0.2) is 49.4 Å². The van der Waals surface area contributed by atoms with Gasteiger partial charge in [0.1, 0.15) is 11.3 Å². The molecule has 1 fully saturated rings. The normalized spacial score (nSPS) is 14.2. The Kier molecular flexibility index (Phi) is 6.47. The molecule has 190 valence electrons. The van der Waals surface area contributed by atoms with E-state index in [9.17, 15) is 14.0 Å². The Morgan fingerprint density at radius 3 is 2.66 bits per heavy atom. The molecule has 10 heteroatoms. The molecule has 2 amide bonds. The van der Waals surface area contributed by atoms with Crippen molar-refractivity contribution in [2.24, 2.45) is 0 Å². The van der Waals surface area contributed by atoms with Crippen LogP contribution in [0.1, 0.15) is 40.2 Å². The quantitative estimate of drug-likeness (QED) is 0.347. The predicted octanol–water partition coefficient (Wildman–Crippen LogP) is 4.97. The van der Waals surface area contributed by atoms with E-state index in [1.54, 1.807) is 30.6 Å². The lowest BCUT2D eigenvalue weighted by Gasteiger charge is -2.32. The summed E-state index contributed by atoms with van der Waals surface area (Å²) in [6.07, 6.45) is 4.84. The van der Waals surface area contributed by atoms with E-state index in [0.717, 1.165) is 23.1 Å². The van der Waals surface area contributed by atoms with Gasteiger partial charge < -0.3 is 10.2 Å². The highest BCUT2D eigenvalue weighted by Crippen LogP contribution is 2.30. The molecule has 2 aromatic carbocycles. The van der Waals surface area contributed by atoms with E-state index in [1.165, 1.54) is 23.2 Å². The van der Waals surface area contributed by atoms with Crippen LogP contribution in [0.2, 0.25) is 0 Å². The van der Waals surface area contributed by atoms with Crippen molar-refractivity contribution in [1.29, 1.82) is 0 Å². The molecule has 0 aliphatic carbocycles. The summed E-state index contributed by atoms with van der Waals surface area (Å²) in [5.74, 6) is -0.438. The van der Waals surface area contributed by atoms with Crippen LogP contribution in [0, 0.1) is 5.82 Å². The number of pyridine rings is 2. The van der Waals surface area contributed by atoms with Gasteiger partial charge in [0.25, 0.3) is 5.91 Å². The van der Waals surface area contributed by atoms with Crippen molar-refractivity contribution in [2.45, 2.75) is 25.2 Å². The summed E-state index contributed by atoms with van der Waals surface area (Å²) in [5.41, 5.74) is 3.89. The van der Waals surface area contributed by atoms with Crippen molar-refractivity contribution in [1.82, 2.24) is 24.5 Å². The third-order valence-electron chi connectivity index (χ3n) is 6.93. The number of halogens is 1. The highest BCUT2D eigenvalue weighted by atomic mass is 32.1. The van der Waals surface area contributed by atoms with Crippen molar-refractivity contribution in [3.63, 3.8) is 0 Å². The van der Waals surface area contributed by atoms with Crippen molar-refractivity contribution in [3.05, 3.63) is 89.5 Å². The third-order valence-corrected chi connectivity index (χ3v) is 7.58. The van der Waals surface area contributed by atoms with Crippen LogP contribution >= 0.6 is 11.5 Å². The third kappa shape index (κ3) is 4.95. The molecule has 0 saturated carbocycles. The number of fused-ring (bicyclic) bond motifs is 2. The minimum Gasteiger partial charge on any atom is -0.339 e. The van der Waals surface area contributed by atoms with Crippen LogP contribution in [-0.2, 0) is 11.2 Å². The lowest BCUT2D eigenvalue weighted by Crippen LogP contribution is -2.38. The number of nitrogens with zero attached hydrogens (tertiary/aromatic N) is 5. The second kappa shape index (κ2) is 10.2. The Hall–Kier alpha value is -4.31. The molecule has 3 aromatic heterocycles. The van der Waals surface area contributed by atoms with E-state index in [-0.39, 0.29) is 18.2 Å². The van der Waals surface area contributed by atoms with Crippen LogP contribution in [0.25, 0.3) is 21.3 Å². The molecular formula is C28H23FN6O2S. The lowest BCUT2D eigenvalue weighted by molar-refractivity contribution is -0.115. The number of carbonyl (C=O) groups excluding carboxylic acids is 2. The second-order valence-corrected chi connectivity index (χ2v) is 10.1. The molecule has 4 heterocycles. The number of piperidine rings is 1. The topological polar surface area (TPSA) is 101 Å². The summed E-state index contributed by atoms with van der Waals surface area (Å²) < 4.78 is 18.3. The number of amides is 2. The summed E-state index contributed by atoms with van der Waals surface area (Å²) in [5, 5.41) is 7.66. The monoisotopic (exact) mass is 526 g/mol. The molecule has 0 unspecified atom stereocenters. The summed E-state index contributed by atoms with van der Waals surface area (Å²) >= 11 is 1.21. The minimum atomic E-state index is -0.441. The molecule has 5 aromatic rings. The van der Waals surface area contributed by atoms with Crippen molar-refractivity contribution < 1.29 is 14.0 Å². The zero-order valence-corrected chi connectivity index (χ0v) is 21.1. The molecule has 1 N–H and O–H groups in total. The fourth-order valence-corrected chi connectivity index (χ4v) is 5.39. The number of anilines is 1. The van der Waals surface area contributed by atoms with Crippen LogP contribution in [0.3, 0.4) is 0 Å². The van der Waals surface area contributed by atoms with Gasteiger partial charge in [-0.15, -0.1) is 5.10 Å². The van der Waals surface area contributed by atoms with Gasteiger partial charge >= 0.3 is 0 Å². The van der Waals surface area contributed by atoms with Crippen molar-refractivity contribution in [3.8, 4) is 0 Å². The zero-order chi connectivity index (χ0) is 26.1. The first-order valence-electron chi connectivity index (χ1n) is 12.3. The van der Waals surface area contributed by atoms with E-state index in [2.05, 4.69) is 24.9 Å². The largest absolute Gasteiger partial charge is 0.339 e. The fraction of sp³-hybridized carbons (Fsp3) is 0.214. The molecule has 1 aliphatic rings. The molecule has 0 radical (unpaired) electrons. The van der Waals surface area contributed by atoms with Gasteiger partial charge in [-0.05, 0) is 60.2 Å². The van der Waals surface area contributed by atoms with Gasteiger partial charge in [-0.1, -0.05) is 22.7 Å². The maximum Gasteiger partial charge on any atom is 0.255 e. The van der Waals surface area contributed by atoms with Crippen LogP contribution in [0.4, 0.5) is 10.1 Å². The first kappa shape index (κ1) is 24.1. The zero-order valence-electron chi connectivity index (χ0n) is 20.3. The van der Waals surface area contributed by atoms with Gasteiger partial charge in [0, 0.05) is 54.2 Å². The summed E-state index contributed by atoms with van der Waals surface area (Å²) in [6.45, 7) is 1.31. The van der Waals surface area contributed by atoms with Gasteiger partial charge in [0.15, 0.2) is 4.83 Å². The van der Waals surface area contributed by atoms with Gasteiger partial charge in [0.05, 0.1) is 17.5 Å². The SMILES string of the molecule is O=C(Cc1cc2cccnc2cc1F)Nc1ccc(C2CCN(C(=O)c3cnc4snnc4c3)CC2)cc1. The molecule has 6 rings (SSSR count). The molecule has 0 atom stereocenters. The van der Waals surface area contributed by atoms with Crippen LogP contribution in [0.15, 0.2) is 67.0 Å². The second-order valence-electron chi connectivity index (χ2n) is 9.37. The van der Waals surface area contributed by atoms with Crippen LogP contribution < -0.4 is 5.32 Å². The molecule has 1 aliphatic heterocycles. The van der Waals surface area contributed by atoms with Gasteiger partial charge in [-0.2, -0.15) is 0 Å². The maximum atomic E-state index is 14.4. The van der Waals surface area contributed by atoms with Crippen LogP contribution in [0.5, 0.6) is 0 Å². The van der Waals surface area contributed by atoms with E-state index in [1.807, 2.05) is 35.2 Å². The number of aromatic nitrogens is 4. The van der Waals surface area contributed by atoms with Crippen molar-refractivity contribution >= 4 is 50.3 Å². The number of benzene rings is 2. The highest BCUT2D eigenvalue weighted by molar-refractivity contribution is 7.12. The Labute approximate surface area is 221 Å². The number of carbonyl (C=O) groups is 2. The number of rotatable bonds is 5. The number of likely N-dealkylation sites (tertiary alicyclic amines) is 1. The van der Waals surface area contributed by atoms with Crippen molar-refractivity contribution in [2.75, 3.05) is 18.4 Å². The van der Waals surface area contributed by atoms with Gasteiger partial charge in [-0.3, -0.25) is 14.6 Å². The summed E-state index contributed by atoms with van der Waals surface area (Å²) in [4.78, 5) is 36.5. The number of hydrogen-bond acceptors (Lipinski definition) is 7. The highest BCUT2D eigenvalue weighted by Gasteiger charge is 2.25. The molecule has 1 saturated heterocycles. The number of nitrogens with one attached hydrogen (secondary N) is 1. The minimum absolute atomic E-state index is 0.0389. The average molecular weight is 527 g/mol. The predicted molar refractivity (Wildman–Crippen MR) is 144 cm³/mol. The summed E-state index contributed by atoms with van der Waals surface area (Å²) in [6, 6.07) is 16.2.